The normalized spacial score (nSPS) is 10.6. The molecule has 0 aliphatic rings. The van der Waals surface area contributed by atoms with Crippen LogP contribution in [0.5, 0.6) is 0 Å². The molecule has 1 heterocycles. The molecule has 2 N–H and O–H groups in total. The highest BCUT2D eigenvalue weighted by atomic mass is 32.2. The van der Waals surface area contributed by atoms with Crippen molar-refractivity contribution >= 4 is 45.7 Å². The van der Waals surface area contributed by atoms with Gasteiger partial charge in [-0.2, -0.15) is 0 Å². The lowest BCUT2D eigenvalue weighted by atomic mass is 10.1. The van der Waals surface area contributed by atoms with Crippen molar-refractivity contribution in [3.63, 3.8) is 0 Å². The fraction of sp³-hybridized carbons (Fsp3) is 0.261. The standard InChI is InChI=1S/C23H25N3O2S2/c1-3-4-10-20(27)24-18-11-13-19(14-12-18)29-15-21(28)25-23-26-22(16(2)30-23)17-8-6-5-7-9-17/h5-9,11-14H,3-4,10,15H2,1-2H3,(H,24,27)(H,25,26,28). The summed E-state index contributed by atoms with van der Waals surface area (Å²) >= 11 is 2.93. The van der Waals surface area contributed by atoms with Crippen LogP contribution in [0.15, 0.2) is 59.5 Å². The lowest BCUT2D eigenvalue weighted by molar-refractivity contribution is -0.116. The summed E-state index contributed by atoms with van der Waals surface area (Å²) < 4.78 is 0. The van der Waals surface area contributed by atoms with E-state index in [0.717, 1.165) is 39.6 Å². The molecule has 2 amide bonds. The molecule has 0 aliphatic heterocycles. The maximum absolute atomic E-state index is 12.3. The molecule has 0 bridgehead atoms. The van der Waals surface area contributed by atoms with Crippen LogP contribution in [0, 0.1) is 6.92 Å². The molecule has 30 heavy (non-hydrogen) atoms. The fourth-order valence-electron chi connectivity index (χ4n) is 2.81. The molecule has 3 aromatic rings. The van der Waals surface area contributed by atoms with Crippen molar-refractivity contribution in [1.82, 2.24) is 4.98 Å². The number of benzene rings is 2. The van der Waals surface area contributed by atoms with Gasteiger partial charge in [0.25, 0.3) is 0 Å². The Balaban J connectivity index is 1.50. The van der Waals surface area contributed by atoms with Gasteiger partial charge in [0.1, 0.15) is 0 Å². The Kier molecular flexibility index (Phi) is 8.04. The molecule has 156 valence electrons. The van der Waals surface area contributed by atoms with Crippen LogP contribution in [-0.2, 0) is 9.59 Å². The van der Waals surface area contributed by atoms with Gasteiger partial charge in [0, 0.05) is 27.4 Å². The first-order valence-corrected chi connectivity index (χ1v) is 11.7. The van der Waals surface area contributed by atoms with Crippen LogP contribution in [0.4, 0.5) is 10.8 Å². The Hall–Kier alpha value is -2.64. The van der Waals surface area contributed by atoms with Crippen molar-refractivity contribution in [3.8, 4) is 11.3 Å². The number of rotatable bonds is 9. The van der Waals surface area contributed by atoms with Crippen molar-refractivity contribution in [2.24, 2.45) is 0 Å². The molecule has 3 rings (SSSR count). The lowest BCUT2D eigenvalue weighted by Crippen LogP contribution is -2.13. The number of aromatic nitrogens is 1. The first-order chi connectivity index (χ1) is 14.5. The van der Waals surface area contributed by atoms with Gasteiger partial charge in [-0.25, -0.2) is 4.98 Å². The quantitative estimate of drug-likeness (QED) is 0.403. The molecule has 0 unspecified atom stereocenters. The van der Waals surface area contributed by atoms with Crippen LogP contribution in [0.1, 0.15) is 31.1 Å². The predicted molar refractivity (Wildman–Crippen MR) is 126 cm³/mol. The highest BCUT2D eigenvalue weighted by Gasteiger charge is 2.12. The summed E-state index contributed by atoms with van der Waals surface area (Å²) in [5, 5.41) is 6.39. The zero-order valence-electron chi connectivity index (χ0n) is 17.1. The van der Waals surface area contributed by atoms with E-state index in [1.165, 1.54) is 23.1 Å². The van der Waals surface area contributed by atoms with Gasteiger partial charge in [-0.05, 0) is 37.6 Å². The Bertz CT molecular complexity index is 985. The van der Waals surface area contributed by atoms with Gasteiger partial charge in [-0.1, -0.05) is 43.7 Å². The number of carbonyl (C=O) groups excluding carboxylic acids is 2. The van der Waals surface area contributed by atoms with E-state index in [1.807, 2.05) is 61.5 Å². The highest BCUT2D eigenvalue weighted by Crippen LogP contribution is 2.30. The minimum absolute atomic E-state index is 0.0326. The van der Waals surface area contributed by atoms with E-state index in [4.69, 9.17) is 0 Å². The maximum Gasteiger partial charge on any atom is 0.236 e. The molecular formula is C23H25N3O2S2. The van der Waals surface area contributed by atoms with Gasteiger partial charge in [-0.3, -0.25) is 9.59 Å². The minimum Gasteiger partial charge on any atom is -0.326 e. The van der Waals surface area contributed by atoms with Gasteiger partial charge in [0.05, 0.1) is 11.4 Å². The number of nitrogens with one attached hydrogen (secondary N) is 2. The zero-order chi connectivity index (χ0) is 21.3. The van der Waals surface area contributed by atoms with Gasteiger partial charge in [-0.15, -0.1) is 23.1 Å². The molecule has 0 aliphatic carbocycles. The number of thioether (sulfide) groups is 1. The summed E-state index contributed by atoms with van der Waals surface area (Å²) in [6.45, 7) is 4.07. The number of thiazole rings is 1. The first kappa shape index (κ1) is 22.1. The smallest absolute Gasteiger partial charge is 0.236 e. The third-order valence-electron chi connectivity index (χ3n) is 4.36. The SMILES string of the molecule is CCCCC(=O)Nc1ccc(SCC(=O)Nc2nc(-c3ccccc3)c(C)s2)cc1. The van der Waals surface area contributed by atoms with E-state index in [9.17, 15) is 9.59 Å². The molecule has 0 fully saturated rings. The summed E-state index contributed by atoms with van der Waals surface area (Å²) in [4.78, 5) is 30.7. The average molecular weight is 440 g/mol. The van der Waals surface area contributed by atoms with Crippen LogP contribution < -0.4 is 10.6 Å². The Labute approximate surface area is 185 Å². The lowest BCUT2D eigenvalue weighted by Gasteiger charge is -2.06. The zero-order valence-corrected chi connectivity index (χ0v) is 18.7. The van der Waals surface area contributed by atoms with Crippen LogP contribution in [0.2, 0.25) is 0 Å². The van der Waals surface area contributed by atoms with E-state index in [0.29, 0.717) is 17.3 Å². The van der Waals surface area contributed by atoms with Crippen molar-refractivity contribution in [3.05, 3.63) is 59.5 Å². The Morgan fingerprint density at radius 2 is 1.73 bits per heavy atom. The second-order valence-corrected chi connectivity index (χ2v) is 9.05. The van der Waals surface area contributed by atoms with E-state index in [-0.39, 0.29) is 11.8 Å². The second kappa shape index (κ2) is 10.9. The molecule has 0 saturated heterocycles. The van der Waals surface area contributed by atoms with E-state index < -0.39 is 0 Å². The topological polar surface area (TPSA) is 71.1 Å². The molecule has 7 heteroatoms. The molecule has 0 spiro atoms. The van der Waals surface area contributed by atoms with Crippen molar-refractivity contribution in [2.45, 2.75) is 38.0 Å². The van der Waals surface area contributed by atoms with E-state index in [1.54, 1.807) is 0 Å². The molecule has 5 nitrogen and oxygen atoms in total. The van der Waals surface area contributed by atoms with Gasteiger partial charge in [0.2, 0.25) is 11.8 Å². The molecule has 0 radical (unpaired) electrons. The maximum atomic E-state index is 12.3. The Morgan fingerprint density at radius 3 is 2.43 bits per heavy atom. The molecule has 0 saturated carbocycles. The van der Waals surface area contributed by atoms with Gasteiger partial charge < -0.3 is 10.6 Å². The number of aryl methyl sites for hydroxylation is 1. The van der Waals surface area contributed by atoms with E-state index in [2.05, 4.69) is 22.5 Å². The Morgan fingerprint density at radius 1 is 1.00 bits per heavy atom. The highest BCUT2D eigenvalue weighted by molar-refractivity contribution is 8.00. The van der Waals surface area contributed by atoms with Crippen LogP contribution in [0.3, 0.4) is 0 Å². The number of hydrogen-bond acceptors (Lipinski definition) is 5. The third-order valence-corrected chi connectivity index (χ3v) is 6.25. The predicted octanol–water partition coefficient (Wildman–Crippen LogP) is 5.98. The van der Waals surface area contributed by atoms with Crippen molar-refractivity contribution < 1.29 is 9.59 Å². The number of amides is 2. The summed E-state index contributed by atoms with van der Waals surface area (Å²) in [5.41, 5.74) is 2.72. The molecular weight excluding hydrogens is 414 g/mol. The van der Waals surface area contributed by atoms with Crippen LogP contribution in [0.25, 0.3) is 11.3 Å². The van der Waals surface area contributed by atoms with Gasteiger partial charge >= 0.3 is 0 Å². The van der Waals surface area contributed by atoms with Gasteiger partial charge in [0.15, 0.2) is 5.13 Å². The molecule has 0 atom stereocenters. The van der Waals surface area contributed by atoms with Crippen LogP contribution in [-0.4, -0.2) is 22.6 Å². The second-order valence-electron chi connectivity index (χ2n) is 6.80. The number of hydrogen-bond donors (Lipinski definition) is 2. The average Bonchev–Trinajstić information content (AvgIpc) is 3.12. The van der Waals surface area contributed by atoms with Crippen molar-refractivity contribution in [1.29, 1.82) is 0 Å². The monoisotopic (exact) mass is 439 g/mol. The summed E-state index contributed by atoms with van der Waals surface area (Å²) in [6, 6.07) is 17.5. The third kappa shape index (κ3) is 6.43. The number of nitrogens with zero attached hydrogens (tertiary/aromatic N) is 1. The van der Waals surface area contributed by atoms with E-state index >= 15 is 0 Å². The molecule has 2 aromatic carbocycles. The number of carbonyl (C=O) groups is 2. The molecule has 1 aromatic heterocycles. The number of anilines is 2. The summed E-state index contributed by atoms with van der Waals surface area (Å²) in [7, 11) is 0. The first-order valence-electron chi connectivity index (χ1n) is 9.90. The minimum atomic E-state index is -0.0923. The largest absolute Gasteiger partial charge is 0.326 e. The summed E-state index contributed by atoms with van der Waals surface area (Å²) in [5.74, 6) is 0.233. The summed E-state index contributed by atoms with van der Waals surface area (Å²) in [6.07, 6.45) is 2.43. The fourth-order valence-corrected chi connectivity index (χ4v) is 4.36. The van der Waals surface area contributed by atoms with Crippen molar-refractivity contribution in [2.75, 3.05) is 16.4 Å². The number of unbranched alkanes of at least 4 members (excludes halogenated alkanes) is 1. The van der Waals surface area contributed by atoms with Crippen LogP contribution >= 0.6 is 23.1 Å².